The Morgan fingerprint density at radius 1 is 1.20 bits per heavy atom. The first-order valence-corrected chi connectivity index (χ1v) is 13.3. The molecule has 40 heavy (non-hydrogen) atoms. The molecule has 3 N–H and O–H groups in total. The molecular formula is C28H30ClFN6O4. The van der Waals surface area contributed by atoms with E-state index in [0.29, 0.717) is 43.8 Å². The molecule has 1 aliphatic heterocycles. The van der Waals surface area contributed by atoms with E-state index < -0.39 is 17.8 Å². The molecule has 1 atom stereocenters. The van der Waals surface area contributed by atoms with Crippen molar-refractivity contribution in [2.75, 3.05) is 51.8 Å². The molecule has 3 amide bonds. The summed E-state index contributed by atoms with van der Waals surface area (Å²) in [5, 5.41) is 11.0. The number of nitrogens with zero attached hydrogens (tertiary/aromatic N) is 5. The van der Waals surface area contributed by atoms with E-state index in [9.17, 15) is 14.7 Å². The van der Waals surface area contributed by atoms with Crippen molar-refractivity contribution in [3.8, 4) is 6.01 Å². The van der Waals surface area contributed by atoms with Gasteiger partial charge in [-0.1, -0.05) is 35.9 Å². The van der Waals surface area contributed by atoms with Gasteiger partial charge in [0.2, 0.25) is 5.91 Å². The maximum Gasteiger partial charge on any atom is 0.319 e. The number of ether oxygens (including phenoxy) is 1. The van der Waals surface area contributed by atoms with Crippen LogP contribution in [-0.2, 0) is 11.2 Å². The third kappa shape index (κ3) is 5.33. The van der Waals surface area contributed by atoms with Crippen molar-refractivity contribution < 1.29 is 23.8 Å². The van der Waals surface area contributed by atoms with E-state index in [1.807, 2.05) is 29.2 Å². The van der Waals surface area contributed by atoms with Gasteiger partial charge in [-0.15, -0.1) is 0 Å². The Labute approximate surface area is 235 Å². The summed E-state index contributed by atoms with van der Waals surface area (Å²) in [6.45, 7) is 1.55. The number of nitrogens with two attached hydrogens (primary N) is 1. The smallest absolute Gasteiger partial charge is 0.319 e. The average molecular weight is 569 g/mol. The summed E-state index contributed by atoms with van der Waals surface area (Å²) >= 11 is 6.75. The van der Waals surface area contributed by atoms with Crippen LogP contribution in [0.25, 0.3) is 10.9 Å². The van der Waals surface area contributed by atoms with Crippen LogP contribution in [0.1, 0.15) is 29.0 Å². The van der Waals surface area contributed by atoms with Crippen LogP contribution in [0.15, 0.2) is 42.2 Å². The maximum absolute atomic E-state index is 16.5. The van der Waals surface area contributed by atoms with Crippen LogP contribution in [0, 0.1) is 5.82 Å². The van der Waals surface area contributed by atoms with Crippen molar-refractivity contribution >= 4 is 40.3 Å². The van der Waals surface area contributed by atoms with E-state index in [4.69, 9.17) is 22.1 Å². The van der Waals surface area contributed by atoms with Gasteiger partial charge in [-0.2, -0.15) is 9.97 Å². The minimum Gasteiger partial charge on any atom is -0.512 e. The van der Waals surface area contributed by atoms with E-state index in [-0.39, 0.29) is 46.8 Å². The van der Waals surface area contributed by atoms with Gasteiger partial charge in [0, 0.05) is 68.6 Å². The quantitative estimate of drug-likeness (QED) is 0.465. The number of primary amides is 1. The molecule has 210 valence electrons. The number of carbonyl (C=O) groups is 2. The second-order valence-corrected chi connectivity index (χ2v) is 10.4. The predicted molar refractivity (Wildman–Crippen MR) is 149 cm³/mol. The van der Waals surface area contributed by atoms with Crippen LogP contribution in [0.3, 0.4) is 0 Å². The number of fused-ring (bicyclic) bond motifs is 2. The molecule has 0 bridgehead atoms. The molecule has 2 aliphatic rings. The zero-order chi connectivity index (χ0) is 28.6. The Bertz CT molecular complexity index is 1510. The fourth-order valence-electron chi connectivity index (χ4n) is 5.13. The Morgan fingerprint density at radius 3 is 2.62 bits per heavy atom. The number of piperazine rings is 1. The first-order valence-electron chi connectivity index (χ1n) is 12.9. The number of halogens is 2. The third-order valence-corrected chi connectivity index (χ3v) is 7.56. The Balaban J connectivity index is 1.60. The number of aliphatic hydroxyl groups excluding tert-OH is 1. The minimum atomic E-state index is -0.651. The molecular weight excluding hydrogens is 539 g/mol. The molecule has 1 unspecified atom stereocenters. The Hall–Kier alpha value is -4.12. The van der Waals surface area contributed by atoms with Crippen molar-refractivity contribution in [3.63, 3.8) is 0 Å². The Kier molecular flexibility index (Phi) is 7.66. The Morgan fingerprint density at radius 2 is 1.93 bits per heavy atom. The molecule has 10 nitrogen and oxygen atoms in total. The van der Waals surface area contributed by atoms with Gasteiger partial charge in [-0.05, 0) is 23.3 Å². The van der Waals surface area contributed by atoms with Crippen LogP contribution in [-0.4, -0.2) is 83.7 Å². The summed E-state index contributed by atoms with van der Waals surface area (Å²) in [4.78, 5) is 37.5. The van der Waals surface area contributed by atoms with E-state index in [1.54, 1.807) is 26.2 Å². The molecule has 12 heteroatoms. The van der Waals surface area contributed by atoms with E-state index in [2.05, 4.69) is 9.97 Å². The summed E-state index contributed by atoms with van der Waals surface area (Å²) in [5.41, 5.74) is 7.36. The molecule has 0 saturated carbocycles. The molecule has 1 aromatic heterocycles. The number of allylic oxidation sites excluding steroid dienone is 2. The number of benzene rings is 2. The standard InChI is InChI=1S/C28H30ClFN6O4/c1-34(2)22(38)7-12-40-28-32-25-20(26(33-28)35-8-10-36(11-9-35)27(31)39)15-21(29)23(24(25)30)19-14-17(37)13-16-5-3-4-6-18(16)19/h3-6,14-15,19,37H,7-13H2,1-2H3,(H2,31,39). The first kappa shape index (κ1) is 27.4. The van der Waals surface area contributed by atoms with Crippen molar-refractivity contribution in [1.82, 2.24) is 19.8 Å². The topological polar surface area (TPSA) is 125 Å². The summed E-state index contributed by atoms with van der Waals surface area (Å²) in [6.07, 6.45) is 2.05. The van der Waals surface area contributed by atoms with Crippen LogP contribution >= 0.6 is 11.6 Å². The number of urea groups is 1. The number of hydrogen-bond donors (Lipinski definition) is 2. The lowest BCUT2D eigenvalue weighted by Gasteiger charge is -2.35. The molecule has 2 heterocycles. The second kappa shape index (κ2) is 11.2. The monoisotopic (exact) mass is 568 g/mol. The zero-order valence-electron chi connectivity index (χ0n) is 22.2. The van der Waals surface area contributed by atoms with Gasteiger partial charge in [0.25, 0.3) is 0 Å². The average Bonchev–Trinajstić information content (AvgIpc) is 2.93. The number of anilines is 1. The summed E-state index contributed by atoms with van der Waals surface area (Å²) in [6, 6.07) is 8.56. The number of amides is 3. The highest BCUT2D eigenvalue weighted by atomic mass is 35.5. The second-order valence-electron chi connectivity index (χ2n) is 10.0. The number of carbonyl (C=O) groups excluding carboxylic acids is 2. The predicted octanol–water partition coefficient (Wildman–Crippen LogP) is 3.61. The largest absolute Gasteiger partial charge is 0.512 e. The molecule has 1 fully saturated rings. The van der Waals surface area contributed by atoms with Gasteiger partial charge in [-0.25, -0.2) is 9.18 Å². The normalized spacial score (nSPS) is 16.9. The summed E-state index contributed by atoms with van der Waals surface area (Å²) in [7, 11) is 3.30. The summed E-state index contributed by atoms with van der Waals surface area (Å²) < 4.78 is 22.2. The van der Waals surface area contributed by atoms with Gasteiger partial charge in [0.05, 0.1) is 12.2 Å². The van der Waals surface area contributed by atoms with Crippen molar-refractivity contribution in [3.05, 3.63) is 69.7 Å². The van der Waals surface area contributed by atoms with Crippen LogP contribution in [0.4, 0.5) is 15.0 Å². The highest BCUT2D eigenvalue weighted by molar-refractivity contribution is 6.32. The van der Waals surface area contributed by atoms with Gasteiger partial charge in [0.1, 0.15) is 17.9 Å². The van der Waals surface area contributed by atoms with Crippen LogP contribution in [0.2, 0.25) is 5.02 Å². The van der Waals surface area contributed by atoms with Gasteiger partial charge in [0.15, 0.2) is 5.82 Å². The van der Waals surface area contributed by atoms with Crippen LogP contribution in [0.5, 0.6) is 6.01 Å². The van der Waals surface area contributed by atoms with Gasteiger partial charge < -0.3 is 30.3 Å². The van der Waals surface area contributed by atoms with Gasteiger partial charge >= 0.3 is 12.0 Å². The maximum atomic E-state index is 16.5. The first-order chi connectivity index (χ1) is 19.1. The number of rotatable bonds is 6. The third-order valence-electron chi connectivity index (χ3n) is 7.25. The molecule has 0 spiro atoms. The zero-order valence-corrected chi connectivity index (χ0v) is 23.0. The van der Waals surface area contributed by atoms with Gasteiger partial charge in [-0.3, -0.25) is 4.79 Å². The lowest BCUT2D eigenvalue weighted by atomic mass is 9.82. The van der Waals surface area contributed by atoms with Crippen LogP contribution < -0.4 is 15.4 Å². The van der Waals surface area contributed by atoms with Crippen molar-refractivity contribution in [2.45, 2.75) is 18.8 Å². The fraction of sp³-hybridized carbons (Fsp3) is 0.357. The minimum absolute atomic E-state index is 0.00604. The summed E-state index contributed by atoms with van der Waals surface area (Å²) in [5.74, 6) is -0.878. The fourth-order valence-corrected chi connectivity index (χ4v) is 5.44. The van der Waals surface area contributed by atoms with E-state index in [1.165, 1.54) is 9.80 Å². The molecule has 2 aromatic carbocycles. The lowest BCUT2D eigenvalue weighted by Crippen LogP contribution is -2.50. The van der Waals surface area contributed by atoms with Crippen molar-refractivity contribution in [1.29, 1.82) is 0 Å². The number of aliphatic hydroxyl groups is 1. The van der Waals surface area contributed by atoms with Crippen molar-refractivity contribution in [2.24, 2.45) is 5.73 Å². The molecule has 0 radical (unpaired) electrons. The molecule has 3 aromatic rings. The molecule has 1 aliphatic carbocycles. The molecule has 5 rings (SSSR count). The highest BCUT2D eigenvalue weighted by Crippen LogP contribution is 2.42. The SMILES string of the molecule is CN(C)C(=O)CCOc1nc(N2CCN(C(N)=O)CC2)c2cc(Cl)c(C3C=C(O)Cc4ccccc43)c(F)c2n1. The highest BCUT2D eigenvalue weighted by Gasteiger charge is 2.30. The number of aromatic nitrogens is 2. The lowest BCUT2D eigenvalue weighted by molar-refractivity contribution is -0.129. The number of hydrogen-bond acceptors (Lipinski definition) is 7. The van der Waals surface area contributed by atoms with E-state index >= 15 is 4.39 Å². The molecule has 1 saturated heterocycles. The van der Waals surface area contributed by atoms with E-state index in [0.717, 1.165) is 11.1 Å².